The fourth-order valence-electron chi connectivity index (χ4n) is 7.20. The fraction of sp³-hybridized carbons (Fsp3) is 0.421. The number of nitrogens with one attached hydrogen (secondary N) is 1. The van der Waals surface area contributed by atoms with Crippen LogP contribution >= 0.6 is 0 Å². The second-order valence-corrected chi connectivity index (χ2v) is 13.3. The molecule has 2 aromatic carbocycles. The maximum Gasteiger partial charge on any atom is 0.343 e. The molecule has 50 heavy (non-hydrogen) atoms. The van der Waals surface area contributed by atoms with E-state index in [2.05, 4.69) is 5.32 Å². The number of hydrogen-bond donors (Lipinski definition) is 1. The van der Waals surface area contributed by atoms with Gasteiger partial charge in [0, 0.05) is 55.7 Å². The van der Waals surface area contributed by atoms with Crippen molar-refractivity contribution in [2.75, 3.05) is 38.3 Å². The zero-order chi connectivity index (χ0) is 35.1. The van der Waals surface area contributed by atoms with Crippen LogP contribution in [-0.2, 0) is 20.8 Å². The molecule has 0 bridgehead atoms. The first-order valence-electron chi connectivity index (χ1n) is 17.3. The van der Waals surface area contributed by atoms with Crippen LogP contribution in [0, 0.1) is 5.82 Å². The number of carbonyl (C=O) groups is 3. The van der Waals surface area contributed by atoms with Gasteiger partial charge in [0.2, 0.25) is 11.2 Å². The summed E-state index contributed by atoms with van der Waals surface area (Å²) in [4.78, 5) is 55.6. The van der Waals surface area contributed by atoms with E-state index in [4.69, 9.17) is 14.2 Å². The van der Waals surface area contributed by atoms with Gasteiger partial charge in [0.05, 0.1) is 29.6 Å². The standard InChI is InChI=1S/C38H41FN4O7/c1-4-25(50-38(47)26-14-16-42-30(26)12-13-31(42)34(44)23-8-6-5-7-9-23)21-49-37(46)28-20-43(24-10-11-24)32-27(35(28)45)18-29(39)33(36(32)48-3)41-17-15-40-22(2)19-41/h5-9,12-13,18,20,22,24-26,40H,4,10-11,14-17,19,21H2,1-3H3. The first-order chi connectivity index (χ1) is 24.2. The third kappa shape index (κ3) is 6.17. The highest BCUT2D eigenvalue weighted by atomic mass is 19.1. The highest BCUT2D eigenvalue weighted by Crippen LogP contribution is 2.44. The molecule has 1 N–H and O–H groups in total. The number of aromatic nitrogens is 2. The minimum atomic E-state index is -0.876. The van der Waals surface area contributed by atoms with Gasteiger partial charge in [0.1, 0.15) is 24.0 Å². The third-order valence-electron chi connectivity index (χ3n) is 9.95. The van der Waals surface area contributed by atoms with Crippen LogP contribution in [0.2, 0.25) is 0 Å². The Morgan fingerprint density at radius 1 is 1.06 bits per heavy atom. The summed E-state index contributed by atoms with van der Waals surface area (Å²) in [7, 11) is 1.46. The first kappa shape index (κ1) is 33.5. The van der Waals surface area contributed by atoms with Crippen LogP contribution in [-0.4, -0.2) is 72.4 Å². The van der Waals surface area contributed by atoms with Gasteiger partial charge in [-0.1, -0.05) is 37.3 Å². The van der Waals surface area contributed by atoms with E-state index in [-0.39, 0.29) is 41.2 Å². The summed E-state index contributed by atoms with van der Waals surface area (Å²) in [6.45, 7) is 5.90. The van der Waals surface area contributed by atoms with Gasteiger partial charge >= 0.3 is 11.9 Å². The maximum atomic E-state index is 15.8. The Labute approximate surface area is 288 Å². The molecule has 3 unspecified atom stereocenters. The van der Waals surface area contributed by atoms with E-state index in [1.165, 1.54) is 19.4 Å². The van der Waals surface area contributed by atoms with Crippen molar-refractivity contribution >= 4 is 34.3 Å². The Hall–Kier alpha value is -4.97. The summed E-state index contributed by atoms with van der Waals surface area (Å²) in [5, 5.41) is 3.40. The van der Waals surface area contributed by atoms with E-state index >= 15 is 4.39 Å². The van der Waals surface area contributed by atoms with E-state index in [0.717, 1.165) is 12.8 Å². The number of fused-ring (bicyclic) bond motifs is 2. The molecule has 2 aliphatic heterocycles. The van der Waals surface area contributed by atoms with Gasteiger partial charge in [0.25, 0.3) is 0 Å². The van der Waals surface area contributed by atoms with Gasteiger partial charge in [0.15, 0.2) is 11.6 Å². The fourth-order valence-corrected chi connectivity index (χ4v) is 7.20. The number of methoxy groups -OCH3 is 1. The molecule has 262 valence electrons. The van der Waals surface area contributed by atoms with Gasteiger partial charge < -0.3 is 33.6 Å². The van der Waals surface area contributed by atoms with Crippen LogP contribution < -0.4 is 20.4 Å². The van der Waals surface area contributed by atoms with Crippen LogP contribution in [0.15, 0.2) is 59.5 Å². The van der Waals surface area contributed by atoms with Crippen molar-refractivity contribution in [1.29, 1.82) is 0 Å². The lowest BCUT2D eigenvalue weighted by Crippen LogP contribution is -2.49. The van der Waals surface area contributed by atoms with Gasteiger partial charge in [-0.25, -0.2) is 9.18 Å². The lowest BCUT2D eigenvalue weighted by atomic mass is 10.0. The van der Waals surface area contributed by atoms with E-state index in [9.17, 15) is 19.2 Å². The molecule has 0 amide bonds. The van der Waals surface area contributed by atoms with E-state index in [1.807, 2.05) is 46.1 Å². The number of esters is 2. The normalized spacial score (nSPS) is 19.2. The number of ketones is 1. The van der Waals surface area contributed by atoms with Crippen molar-refractivity contribution in [3.63, 3.8) is 0 Å². The number of ether oxygens (including phenoxy) is 3. The molecule has 12 heteroatoms. The van der Waals surface area contributed by atoms with Crippen molar-refractivity contribution in [2.24, 2.45) is 0 Å². The number of halogens is 1. The second-order valence-electron chi connectivity index (χ2n) is 13.3. The number of pyridine rings is 1. The minimum Gasteiger partial charge on any atom is -0.492 e. The summed E-state index contributed by atoms with van der Waals surface area (Å²) in [6, 6.07) is 13.9. The molecule has 7 rings (SSSR count). The zero-order valence-electron chi connectivity index (χ0n) is 28.4. The van der Waals surface area contributed by atoms with E-state index in [0.29, 0.717) is 67.2 Å². The van der Waals surface area contributed by atoms with Gasteiger partial charge in [-0.15, -0.1) is 0 Å². The number of hydrogen-bond acceptors (Lipinski definition) is 9. The molecule has 11 nitrogen and oxygen atoms in total. The van der Waals surface area contributed by atoms with Crippen LogP contribution in [0.4, 0.5) is 10.1 Å². The monoisotopic (exact) mass is 684 g/mol. The van der Waals surface area contributed by atoms with Crippen LogP contribution in [0.5, 0.6) is 5.75 Å². The van der Waals surface area contributed by atoms with Crippen LogP contribution in [0.3, 0.4) is 0 Å². The number of benzene rings is 2. The number of anilines is 1. The topological polar surface area (TPSA) is 121 Å². The number of carbonyl (C=O) groups excluding carboxylic acids is 3. The summed E-state index contributed by atoms with van der Waals surface area (Å²) in [5.41, 5.74) is 1.67. The van der Waals surface area contributed by atoms with Crippen LogP contribution in [0.1, 0.15) is 83.6 Å². The molecule has 1 saturated carbocycles. The van der Waals surface area contributed by atoms with Crippen molar-refractivity contribution in [2.45, 2.75) is 70.2 Å². The number of rotatable bonds is 11. The first-order valence-corrected chi connectivity index (χ1v) is 17.3. The smallest absolute Gasteiger partial charge is 0.343 e. The van der Waals surface area contributed by atoms with Gasteiger partial charge in [-0.05, 0) is 50.8 Å². The molecule has 1 aliphatic carbocycles. The maximum absolute atomic E-state index is 15.8. The molecule has 2 aromatic heterocycles. The Balaban J connectivity index is 1.08. The molecular weight excluding hydrogens is 643 g/mol. The third-order valence-corrected chi connectivity index (χ3v) is 9.95. The second kappa shape index (κ2) is 13.7. The van der Waals surface area contributed by atoms with Gasteiger partial charge in [-0.3, -0.25) is 14.4 Å². The summed E-state index contributed by atoms with van der Waals surface area (Å²) >= 11 is 0. The molecule has 0 spiro atoms. The predicted octanol–water partition coefficient (Wildman–Crippen LogP) is 4.98. The van der Waals surface area contributed by atoms with Gasteiger partial charge in [-0.2, -0.15) is 0 Å². The molecule has 4 aromatic rings. The van der Waals surface area contributed by atoms with E-state index in [1.54, 1.807) is 24.3 Å². The predicted molar refractivity (Wildman–Crippen MR) is 185 cm³/mol. The Morgan fingerprint density at radius 2 is 1.84 bits per heavy atom. The zero-order valence-corrected chi connectivity index (χ0v) is 28.4. The van der Waals surface area contributed by atoms with Crippen molar-refractivity contribution < 1.29 is 33.0 Å². The van der Waals surface area contributed by atoms with Crippen molar-refractivity contribution in [3.05, 3.63) is 93.3 Å². The Kier molecular flexibility index (Phi) is 9.21. The molecule has 1 saturated heterocycles. The minimum absolute atomic E-state index is 0.0250. The van der Waals surface area contributed by atoms with E-state index < -0.39 is 35.2 Å². The molecular formula is C38H41FN4O7. The lowest BCUT2D eigenvalue weighted by molar-refractivity contribution is -0.153. The number of piperazine rings is 1. The average Bonchev–Trinajstić information content (AvgIpc) is 3.75. The number of nitrogens with zero attached hydrogens (tertiary/aromatic N) is 3. The van der Waals surface area contributed by atoms with Crippen molar-refractivity contribution in [3.8, 4) is 5.75 Å². The SMILES string of the molecule is CCC(COC(=O)c1cn(C2CC2)c2c(OC)c(N3CCNC(C)C3)c(F)cc2c1=O)OC(=O)C1CCn2c(C(=O)c3ccccc3)ccc21. The summed E-state index contributed by atoms with van der Waals surface area (Å²) in [5.74, 6) is -2.36. The van der Waals surface area contributed by atoms with Crippen LogP contribution in [0.25, 0.3) is 10.9 Å². The molecule has 4 heterocycles. The molecule has 2 fully saturated rings. The molecule has 3 atom stereocenters. The van der Waals surface area contributed by atoms with Crippen molar-refractivity contribution in [1.82, 2.24) is 14.5 Å². The molecule has 3 aliphatic rings. The molecule has 0 radical (unpaired) electrons. The largest absolute Gasteiger partial charge is 0.492 e. The summed E-state index contributed by atoms with van der Waals surface area (Å²) in [6.07, 6.45) is 3.26. The lowest BCUT2D eigenvalue weighted by Gasteiger charge is -2.35. The highest BCUT2D eigenvalue weighted by molar-refractivity contribution is 6.08. The Bertz CT molecular complexity index is 2020. The summed E-state index contributed by atoms with van der Waals surface area (Å²) < 4.78 is 36.7. The Morgan fingerprint density at radius 3 is 2.54 bits per heavy atom. The quantitative estimate of drug-likeness (QED) is 0.172. The average molecular weight is 685 g/mol. The highest BCUT2D eigenvalue weighted by Gasteiger charge is 2.35.